The van der Waals surface area contributed by atoms with E-state index >= 15 is 0 Å². The standard InChI is InChI=1S/C10H7BrF6/c1-5-6(4-11)2-3-7(9(12,13)14)8(5)10(15,16)17/h2-3H,4H2,1H3. The van der Waals surface area contributed by atoms with E-state index in [-0.39, 0.29) is 10.9 Å². The van der Waals surface area contributed by atoms with E-state index in [1.54, 1.807) is 0 Å². The monoisotopic (exact) mass is 320 g/mol. The summed E-state index contributed by atoms with van der Waals surface area (Å²) in [4.78, 5) is 0. The first-order valence-corrected chi connectivity index (χ1v) is 5.54. The van der Waals surface area contributed by atoms with Gasteiger partial charge < -0.3 is 0 Å². The third-order valence-corrected chi connectivity index (χ3v) is 2.91. The van der Waals surface area contributed by atoms with Gasteiger partial charge in [-0.3, -0.25) is 0 Å². The van der Waals surface area contributed by atoms with Crippen LogP contribution in [0.1, 0.15) is 22.3 Å². The van der Waals surface area contributed by atoms with Gasteiger partial charge in [-0.05, 0) is 24.1 Å². The lowest BCUT2D eigenvalue weighted by molar-refractivity contribution is -0.162. The van der Waals surface area contributed by atoms with Crippen LogP contribution in [0.2, 0.25) is 0 Å². The minimum absolute atomic E-state index is 0.0695. The number of hydrogen-bond acceptors (Lipinski definition) is 0. The van der Waals surface area contributed by atoms with Crippen LogP contribution in [0.3, 0.4) is 0 Å². The first-order chi connectivity index (χ1) is 7.59. The van der Waals surface area contributed by atoms with Crippen LogP contribution < -0.4 is 0 Å². The highest BCUT2D eigenvalue weighted by atomic mass is 79.9. The van der Waals surface area contributed by atoms with Gasteiger partial charge in [0.15, 0.2) is 0 Å². The van der Waals surface area contributed by atoms with E-state index in [1.807, 2.05) is 0 Å². The Labute approximate surface area is 102 Å². The average Bonchev–Trinajstić information content (AvgIpc) is 2.13. The normalized spacial score (nSPS) is 12.9. The molecule has 0 aliphatic heterocycles. The summed E-state index contributed by atoms with van der Waals surface area (Å²) in [7, 11) is 0. The van der Waals surface area contributed by atoms with Gasteiger partial charge in [-0.2, -0.15) is 26.3 Å². The van der Waals surface area contributed by atoms with E-state index in [9.17, 15) is 26.3 Å². The second-order valence-electron chi connectivity index (χ2n) is 3.40. The van der Waals surface area contributed by atoms with Gasteiger partial charge in [-0.1, -0.05) is 22.0 Å². The van der Waals surface area contributed by atoms with Crippen molar-refractivity contribution in [3.05, 3.63) is 34.4 Å². The molecule has 1 aromatic carbocycles. The largest absolute Gasteiger partial charge is 0.417 e. The van der Waals surface area contributed by atoms with Crippen molar-refractivity contribution < 1.29 is 26.3 Å². The minimum atomic E-state index is -5.02. The second kappa shape index (κ2) is 4.51. The maximum Gasteiger partial charge on any atom is 0.417 e. The molecule has 0 atom stereocenters. The molecule has 0 amide bonds. The number of rotatable bonds is 1. The second-order valence-corrected chi connectivity index (χ2v) is 3.96. The Morgan fingerprint density at radius 1 is 1.00 bits per heavy atom. The van der Waals surface area contributed by atoms with Gasteiger partial charge in [0, 0.05) is 5.33 Å². The summed E-state index contributed by atoms with van der Waals surface area (Å²) in [5.74, 6) is 0. The van der Waals surface area contributed by atoms with Gasteiger partial charge >= 0.3 is 12.4 Å². The van der Waals surface area contributed by atoms with Gasteiger partial charge in [-0.15, -0.1) is 0 Å². The molecule has 1 rings (SSSR count). The third-order valence-electron chi connectivity index (χ3n) is 2.31. The van der Waals surface area contributed by atoms with E-state index in [2.05, 4.69) is 15.9 Å². The van der Waals surface area contributed by atoms with Crippen LogP contribution in [0.5, 0.6) is 0 Å². The fraction of sp³-hybridized carbons (Fsp3) is 0.400. The summed E-state index contributed by atoms with van der Waals surface area (Å²) in [6, 6.07) is 1.51. The molecule has 0 heterocycles. The first kappa shape index (κ1) is 14.3. The SMILES string of the molecule is Cc1c(CBr)ccc(C(F)(F)F)c1C(F)(F)F. The average molecular weight is 321 g/mol. The van der Waals surface area contributed by atoms with Crippen molar-refractivity contribution in [3.63, 3.8) is 0 Å². The highest BCUT2D eigenvalue weighted by molar-refractivity contribution is 9.08. The van der Waals surface area contributed by atoms with E-state index in [0.717, 1.165) is 13.0 Å². The van der Waals surface area contributed by atoms with Crippen LogP contribution in [0.25, 0.3) is 0 Å². The molecule has 0 saturated carbocycles. The zero-order chi connectivity index (χ0) is 13.4. The topological polar surface area (TPSA) is 0 Å². The van der Waals surface area contributed by atoms with Gasteiger partial charge in [0.2, 0.25) is 0 Å². The van der Waals surface area contributed by atoms with Crippen LogP contribution in [-0.2, 0) is 17.7 Å². The van der Waals surface area contributed by atoms with E-state index in [1.165, 1.54) is 0 Å². The van der Waals surface area contributed by atoms with Crippen LogP contribution in [0.4, 0.5) is 26.3 Å². The Morgan fingerprint density at radius 3 is 1.88 bits per heavy atom. The lowest BCUT2D eigenvalue weighted by Gasteiger charge is -2.19. The van der Waals surface area contributed by atoms with Crippen molar-refractivity contribution in [2.24, 2.45) is 0 Å². The minimum Gasteiger partial charge on any atom is -0.166 e. The molecule has 0 saturated heterocycles. The van der Waals surface area contributed by atoms with E-state index in [0.29, 0.717) is 6.07 Å². The van der Waals surface area contributed by atoms with Crippen LogP contribution in [0, 0.1) is 6.92 Å². The molecule has 0 bridgehead atoms. The zero-order valence-corrected chi connectivity index (χ0v) is 10.1. The molecule has 0 radical (unpaired) electrons. The highest BCUT2D eigenvalue weighted by Crippen LogP contribution is 2.42. The molecule has 0 aromatic heterocycles. The molecular formula is C10H7BrF6. The van der Waals surface area contributed by atoms with Gasteiger partial charge in [-0.25, -0.2) is 0 Å². The maximum absolute atomic E-state index is 12.6. The summed E-state index contributed by atoms with van der Waals surface area (Å²) in [5, 5.41) is 0.0695. The number of halogens is 7. The predicted octanol–water partition coefficient (Wildman–Crippen LogP) is 4.93. The van der Waals surface area contributed by atoms with Crippen molar-refractivity contribution in [3.8, 4) is 0 Å². The zero-order valence-electron chi connectivity index (χ0n) is 8.51. The van der Waals surface area contributed by atoms with E-state index in [4.69, 9.17) is 0 Å². The molecule has 1 aromatic rings. The Morgan fingerprint density at radius 2 is 1.53 bits per heavy atom. The maximum atomic E-state index is 12.6. The molecular weight excluding hydrogens is 314 g/mol. The smallest absolute Gasteiger partial charge is 0.166 e. The van der Waals surface area contributed by atoms with Crippen molar-refractivity contribution in [2.75, 3.05) is 0 Å². The molecule has 0 fully saturated rings. The van der Waals surface area contributed by atoms with Gasteiger partial charge in [0.25, 0.3) is 0 Å². The molecule has 0 N–H and O–H groups in total. The predicted molar refractivity (Wildman–Crippen MR) is 53.8 cm³/mol. The molecule has 0 nitrogen and oxygen atoms in total. The van der Waals surface area contributed by atoms with Crippen molar-refractivity contribution in [1.82, 2.24) is 0 Å². The Hall–Kier alpha value is -0.720. The Bertz CT molecular complexity index is 418. The lowest BCUT2D eigenvalue weighted by atomic mass is 9.97. The van der Waals surface area contributed by atoms with Crippen molar-refractivity contribution in [1.29, 1.82) is 0 Å². The fourth-order valence-corrected chi connectivity index (χ4v) is 2.11. The molecule has 7 heteroatoms. The molecule has 96 valence electrons. The molecule has 0 spiro atoms. The Balaban J connectivity index is 3.59. The van der Waals surface area contributed by atoms with Crippen LogP contribution in [-0.4, -0.2) is 0 Å². The summed E-state index contributed by atoms with van der Waals surface area (Å²) in [6.45, 7) is 1.04. The van der Waals surface area contributed by atoms with Crippen LogP contribution in [0.15, 0.2) is 12.1 Å². The van der Waals surface area contributed by atoms with Crippen molar-refractivity contribution >= 4 is 15.9 Å². The van der Waals surface area contributed by atoms with Gasteiger partial charge in [0.1, 0.15) is 0 Å². The highest BCUT2D eigenvalue weighted by Gasteiger charge is 2.44. The fourth-order valence-electron chi connectivity index (χ4n) is 1.50. The number of benzene rings is 1. The molecule has 0 unspecified atom stereocenters. The van der Waals surface area contributed by atoms with E-state index < -0.39 is 29.0 Å². The molecule has 0 aliphatic carbocycles. The Kier molecular flexibility index (Phi) is 3.81. The molecule has 0 aliphatic rings. The van der Waals surface area contributed by atoms with Gasteiger partial charge in [0.05, 0.1) is 11.1 Å². The summed E-state index contributed by atoms with van der Waals surface area (Å²) in [6.07, 6.45) is -10.0. The summed E-state index contributed by atoms with van der Waals surface area (Å²) in [5.41, 5.74) is -3.47. The molecule has 17 heavy (non-hydrogen) atoms. The van der Waals surface area contributed by atoms with Crippen molar-refractivity contribution in [2.45, 2.75) is 24.6 Å². The van der Waals surface area contributed by atoms with Crippen LogP contribution >= 0.6 is 15.9 Å². The summed E-state index contributed by atoms with van der Waals surface area (Å²) < 4.78 is 75.4. The third kappa shape index (κ3) is 2.94. The summed E-state index contributed by atoms with van der Waals surface area (Å²) >= 11 is 2.94. The number of hydrogen-bond donors (Lipinski definition) is 0. The lowest BCUT2D eigenvalue weighted by Crippen LogP contribution is -2.19. The first-order valence-electron chi connectivity index (χ1n) is 4.42. The number of alkyl halides is 7. The quantitative estimate of drug-likeness (QED) is 0.508.